The van der Waals surface area contributed by atoms with E-state index in [-0.39, 0.29) is 5.91 Å². The molecule has 0 aliphatic heterocycles. The average molecular weight is 362 g/mol. The van der Waals surface area contributed by atoms with Gasteiger partial charge >= 0.3 is 0 Å². The van der Waals surface area contributed by atoms with Gasteiger partial charge in [-0.2, -0.15) is 0 Å². The Morgan fingerprint density at radius 1 is 1.04 bits per heavy atom. The number of benzene rings is 3. The number of carbonyl (C=O) groups is 1. The molecule has 140 valence electrons. The summed E-state index contributed by atoms with van der Waals surface area (Å²) in [6.07, 6.45) is 0. The maximum absolute atomic E-state index is 12.3. The highest BCUT2D eigenvalue weighted by molar-refractivity contribution is 5.95. The maximum Gasteiger partial charge on any atom is 0.251 e. The highest BCUT2D eigenvalue weighted by Crippen LogP contribution is 2.28. The molecule has 0 saturated heterocycles. The fraction of sp³-hybridized carbons (Fsp3) is 0.261. The molecule has 4 heteroatoms. The van der Waals surface area contributed by atoms with Gasteiger partial charge in [0.05, 0.1) is 7.11 Å². The topological polar surface area (TPSA) is 50.4 Å². The summed E-state index contributed by atoms with van der Waals surface area (Å²) in [5, 5.41) is 8.72. The molecule has 0 atom stereocenters. The number of rotatable bonds is 7. The van der Waals surface area contributed by atoms with E-state index in [0.29, 0.717) is 24.6 Å². The Bertz CT molecular complexity index is 935. The zero-order valence-corrected chi connectivity index (χ0v) is 16.1. The molecule has 0 bridgehead atoms. The van der Waals surface area contributed by atoms with Crippen molar-refractivity contribution in [2.24, 2.45) is 5.92 Å². The Morgan fingerprint density at radius 2 is 1.85 bits per heavy atom. The Labute approximate surface area is 160 Å². The van der Waals surface area contributed by atoms with Crippen LogP contribution in [0.4, 0.5) is 5.69 Å². The van der Waals surface area contributed by atoms with E-state index in [4.69, 9.17) is 4.74 Å². The average Bonchev–Trinajstić information content (AvgIpc) is 2.70. The second-order valence-corrected chi connectivity index (χ2v) is 7.01. The minimum atomic E-state index is -0.0462. The first-order valence-electron chi connectivity index (χ1n) is 9.25. The number of hydrogen-bond donors (Lipinski definition) is 2. The third-order valence-corrected chi connectivity index (χ3v) is 4.48. The SMILES string of the molecule is COc1ccc2ccccc2c1CNc1cccc(C(=O)NCC(C)C)c1. The Morgan fingerprint density at radius 3 is 2.63 bits per heavy atom. The van der Waals surface area contributed by atoms with Crippen LogP contribution in [0.15, 0.2) is 60.7 Å². The summed E-state index contributed by atoms with van der Waals surface area (Å²) in [6.45, 7) is 5.44. The van der Waals surface area contributed by atoms with E-state index < -0.39 is 0 Å². The van der Waals surface area contributed by atoms with Gasteiger partial charge in [-0.15, -0.1) is 0 Å². The third-order valence-electron chi connectivity index (χ3n) is 4.48. The molecule has 1 amide bonds. The van der Waals surface area contributed by atoms with Gasteiger partial charge in [-0.1, -0.05) is 50.2 Å². The predicted octanol–water partition coefficient (Wildman–Crippen LogP) is 4.85. The quantitative estimate of drug-likeness (QED) is 0.632. The molecule has 0 aliphatic rings. The lowest BCUT2D eigenvalue weighted by atomic mass is 10.0. The van der Waals surface area contributed by atoms with Gasteiger partial charge in [-0.05, 0) is 41.0 Å². The summed E-state index contributed by atoms with van der Waals surface area (Å²) in [4.78, 5) is 12.3. The van der Waals surface area contributed by atoms with Crippen LogP contribution in [-0.2, 0) is 6.54 Å². The zero-order valence-electron chi connectivity index (χ0n) is 16.1. The van der Waals surface area contributed by atoms with E-state index in [2.05, 4.69) is 42.7 Å². The number of nitrogens with one attached hydrogen (secondary N) is 2. The highest BCUT2D eigenvalue weighted by atomic mass is 16.5. The van der Waals surface area contributed by atoms with Crippen LogP contribution in [0, 0.1) is 5.92 Å². The summed E-state index contributed by atoms with van der Waals surface area (Å²) < 4.78 is 5.55. The molecule has 0 aliphatic carbocycles. The van der Waals surface area contributed by atoms with Crippen molar-refractivity contribution in [1.82, 2.24) is 5.32 Å². The molecule has 0 fully saturated rings. The largest absolute Gasteiger partial charge is 0.496 e. The molecule has 0 radical (unpaired) electrons. The summed E-state index contributed by atoms with van der Waals surface area (Å²) in [7, 11) is 1.69. The third kappa shape index (κ3) is 4.59. The van der Waals surface area contributed by atoms with Crippen LogP contribution < -0.4 is 15.4 Å². The predicted molar refractivity (Wildman–Crippen MR) is 111 cm³/mol. The second kappa shape index (κ2) is 8.58. The van der Waals surface area contributed by atoms with Crippen molar-refractivity contribution in [2.45, 2.75) is 20.4 Å². The van der Waals surface area contributed by atoms with Crippen LogP contribution in [0.2, 0.25) is 0 Å². The van der Waals surface area contributed by atoms with E-state index >= 15 is 0 Å². The molecule has 0 spiro atoms. The van der Waals surface area contributed by atoms with Gasteiger partial charge in [0.15, 0.2) is 0 Å². The molecule has 4 nitrogen and oxygen atoms in total. The number of methoxy groups -OCH3 is 1. The fourth-order valence-corrected chi connectivity index (χ4v) is 3.05. The monoisotopic (exact) mass is 362 g/mol. The van der Waals surface area contributed by atoms with Crippen molar-refractivity contribution in [2.75, 3.05) is 19.0 Å². The number of ether oxygens (including phenoxy) is 1. The molecular weight excluding hydrogens is 336 g/mol. The van der Waals surface area contributed by atoms with E-state index in [1.807, 2.05) is 42.5 Å². The van der Waals surface area contributed by atoms with Gasteiger partial charge in [0.25, 0.3) is 5.91 Å². The molecule has 0 unspecified atom stereocenters. The first-order chi connectivity index (χ1) is 13.1. The summed E-state index contributed by atoms with van der Waals surface area (Å²) >= 11 is 0. The molecule has 27 heavy (non-hydrogen) atoms. The van der Waals surface area contributed by atoms with Gasteiger partial charge in [0.2, 0.25) is 0 Å². The molecule has 3 aromatic rings. The zero-order chi connectivity index (χ0) is 19.2. The van der Waals surface area contributed by atoms with Crippen molar-refractivity contribution in [3.05, 3.63) is 71.8 Å². The Balaban J connectivity index is 1.78. The normalized spacial score (nSPS) is 10.8. The molecule has 0 aromatic heterocycles. The summed E-state index contributed by atoms with van der Waals surface area (Å²) in [5.41, 5.74) is 2.66. The van der Waals surface area contributed by atoms with Crippen LogP contribution >= 0.6 is 0 Å². The van der Waals surface area contributed by atoms with Crippen molar-refractivity contribution in [3.63, 3.8) is 0 Å². The molecule has 3 rings (SSSR count). The highest BCUT2D eigenvalue weighted by Gasteiger charge is 2.10. The molecule has 2 N–H and O–H groups in total. The lowest BCUT2D eigenvalue weighted by molar-refractivity contribution is 0.0949. The molecule has 0 saturated carbocycles. The first-order valence-corrected chi connectivity index (χ1v) is 9.25. The van der Waals surface area contributed by atoms with Gasteiger partial charge in [-0.3, -0.25) is 4.79 Å². The van der Waals surface area contributed by atoms with Gasteiger partial charge in [0, 0.05) is 29.9 Å². The van der Waals surface area contributed by atoms with E-state index in [9.17, 15) is 4.79 Å². The van der Waals surface area contributed by atoms with Crippen LogP contribution in [0.3, 0.4) is 0 Å². The summed E-state index contributed by atoms with van der Waals surface area (Å²) in [6, 6.07) is 19.9. The van der Waals surface area contributed by atoms with Crippen LogP contribution in [-0.4, -0.2) is 19.6 Å². The minimum Gasteiger partial charge on any atom is -0.496 e. The van der Waals surface area contributed by atoms with E-state index in [1.54, 1.807) is 7.11 Å². The number of hydrogen-bond acceptors (Lipinski definition) is 3. The maximum atomic E-state index is 12.3. The second-order valence-electron chi connectivity index (χ2n) is 7.01. The number of anilines is 1. The van der Waals surface area contributed by atoms with Gasteiger partial charge in [0.1, 0.15) is 5.75 Å². The fourth-order valence-electron chi connectivity index (χ4n) is 3.05. The lowest BCUT2D eigenvalue weighted by Gasteiger charge is -2.14. The Hall–Kier alpha value is -3.01. The van der Waals surface area contributed by atoms with Crippen LogP contribution in [0.25, 0.3) is 10.8 Å². The standard InChI is InChI=1S/C23H26N2O2/c1-16(2)14-25-23(26)18-8-6-9-19(13-18)24-15-21-20-10-5-4-7-17(20)11-12-22(21)27-3/h4-13,16,24H,14-15H2,1-3H3,(H,25,26). The number of amides is 1. The van der Waals surface area contributed by atoms with Gasteiger partial charge in [-0.25, -0.2) is 0 Å². The van der Waals surface area contributed by atoms with Crippen LogP contribution in [0.1, 0.15) is 29.8 Å². The van der Waals surface area contributed by atoms with Crippen molar-refractivity contribution >= 4 is 22.4 Å². The Kier molecular flexibility index (Phi) is 5.97. The van der Waals surface area contributed by atoms with Crippen molar-refractivity contribution in [3.8, 4) is 5.75 Å². The minimum absolute atomic E-state index is 0.0462. The molecule has 3 aromatic carbocycles. The molecular formula is C23H26N2O2. The van der Waals surface area contributed by atoms with Crippen LogP contribution in [0.5, 0.6) is 5.75 Å². The van der Waals surface area contributed by atoms with Crippen molar-refractivity contribution in [1.29, 1.82) is 0 Å². The molecule has 0 heterocycles. The van der Waals surface area contributed by atoms with E-state index in [1.165, 1.54) is 5.39 Å². The number of carbonyl (C=O) groups excluding carboxylic acids is 1. The van der Waals surface area contributed by atoms with Gasteiger partial charge < -0.3 is 15.4 Å². The first kappa shape index (κ1) is 18.8. The van der Waals surface area contributed by atoms with E-state index in [0.717, 1.165) is 22.4 Å². The lowest BCUT2D eigenvalue weighted by Crippen LogP contribution is -2.27. The number of fused-ring (bicyclic) bond motifs is 1. The smallest absolute Gasteiger partial charge is 0.251 e. The summed E-state index contributed by atoms with van der Waals surface area (Å²) in [5.74, 6) is 1.23. The van der Waals surface area contributed by atoms with Crippen molar-refractivity contribution < 1.29 is 9.53 Å².